The monoisotopic (exact) mass is 433 g/mol. The minimum Gasteiger partial charge on any atom is -0.465 e. The number of hydrogen-bond donors (Lipinski definition) is 3. The van der Waals surface area contributed by atoms with E-state index in [9.17, 15) is 14.4 Å². The summed E-state index contributed by atoms with van der Waals surface area (Å²) in [5, 5.41) is 12.1. The lowest BCUT2D eigenvalue weighted by Gasteiger charge is -2.10. The van der Waals surface area contributed by atoms with Gasteiger partial charge in [0.2, 0.25) is 11.8 Å². The fourth-order valence-corrected chi connectivity index (χ4v) is 2.90. The lowest BCUT2D eigenvalue weighted by molar-refractivity contribution is -0.120. The molecule has 32 heavy (non-hydrogen) atoms. The summed E-state index contributed by atoms with van der Waals surface area (Å²) in [4.78, 5) is 40.6. The van der Waals surface area contributed by atoms with Gasteiger partial charge in [0.05, 0.1) is 19.1 Å². The van der Waals surface area contributed by atoms with E-state index in [-0.39, 0.29) is 30.3 Å². The van der Waals surface area contributed by atoms with Gasteiger partial charge in [0, 0.05) is 18.3 Å². The Bertz CT molecular complexity index is 1140. The lowest BCUT2D eigenvalue weighted by Crippen LogP contribution is -2.25. The summed E-state index contributed by atoms with van der Waals surface area (Å²) < 4.78 is 4.79. The first kappa shape index (κ1) is 22.4. The van der Waals surface area contributed by atoms with E-state index in [1.54, 1.807) is 25.1 Å². The molecule has 0 atom stereocenters. The number of carbonyl (C=O) groups excluding carboxylic acids is 3. The smallest absolute Gasteiger partial charge is 0.337 e. The van der Waals surface area contributed by atoms with Crippen LogP contribution >= 0.6 is 0 Å². The van der Waals surface area contributed by atoms with Crippen molar-refractivity contribution in [2.24, 2.45) is 0 Å². The lowest BCUT2D eigenvalue weighted by atomic mass is 10.1. The minimum absolute atomic E-state index is 0.0227. The maximum absolute atomic E-state index is 12.3. The molecule has 9 nitrogen and oxygen atoms in total. The molecular weight excluding hydrogens is 410 g/mol. The molecule has 0 aliphatic rings. The van der Waals surface area contributed by atoms with Crippen molar-refractivity contribution in [2.45, 2.75) is 19.9 Å². The highest BCUT2D eigenvalue weighted by Crippen LogP contribution is 2.17. The molecule has 2 aromatic carbocycles. The largest absolute Gasteiger partial charge is 0.465 e. The third kappa shape index (κ3) is 6.63. The van der Waals surface area contributed by atoms with Crippen molar-refractivity contribution in [1.82, 2.24) is 20.5 Å². The SMILES string of the molecule is COC(=O)c1cc(CNC(=O)Cc2n[nH]c(C)n2)cc(NC(=O)C=Cc2ccccc2)c1. The number of nitrogens with zero attached hydrogens (tertiary/aromatic N) is 2. The first-order valence-corrected chi connectivity index (χ1v) is 9.84. The highest BCUT2D eigenvalue weighted by Gasteiger charge is 2.12. The molecule has 1 aromatic heterocycles. The van der Waals surface area contributed by atoms with Gasteiger partial charge < -0.3 is 15.4 Å². The molecule has 164 valence electrons. The van der Waals surface area contributed by atoms with Crippen molar-refractivity contribution in [3.63, 3.8) is 0 Å². The third-order valence-electron chi connectivity index (χ3n) is 4.36. The summed E-state index contributed by atoms with van der Waals surface area (Å²) in [5.74, 6) is -0.166. The Morgan fingerprint density at radius 3 is 2.59 bits per heavy atom. The van der Waals surface area contributed by atoms with Gasteiger partial charge in [-0.25, -0.2) is 9.78 Å². The number of benzene rings is 2. The van der Waals surface area contributed by atoms with Crippen molar-refractivity contribution >= 4 is 29.5 Å². The summed E-state index contributed by atoms with van der Waals surface area (Å²) >= 11 is 0. The van der Waals surface area contributed by atoms with Crippen LogP contribution < -0.4 is 10.6 Å². The number of anilines is 1. The average Bonchev–Trinajstić information content (AvgIpc) is 3.20. The molecular formula is C23H23N5O4. The van der Waals surface area contributed by atoms with Crippen molar-refractivity contribution in [3.05, 3.63) is 82.9 Å². The van der Waals surface area contributed by atoms with Crippen molar-refractivity contribution in [2.75, 3.05) is 12.4 Å². The van der Waals surface area contributed by atoms with Gasteiger partial charge in [-0.15, -0.1) is 0 Å². The number of aromatic nitrogens is 3. The third-order valence-corrected chi connectivity index (χ3v) is 4.36. The number of hydrogen-bond acceptors (Lipinski definition) is 6. The molecule has 0 unspecified atom stereocenters. The Labute approximate surface area is 184 Å². The van der Waals surface area contributed by atoms with E-state index in [1.165, 1.54) is 19.3 Å². The van der Waals surface area contributed by atoms with Gasteiger partial charge in [-0.05, 0) is 42.3 Å². The molecule has 3 aromatic rings. The van der Waals surface area contributed by atoms with Gasteiger partial charge in [0.1, 0.15) is 5.82 Å². The van der Waals surface area contributed by atoms with Gasteiger partial charge in [-0.2, -0.15) is 5.10 Å². The highest BCUT2D eigenvalue weighted by atomic mass is 16.5. The Morgan fingerprint density at radius 1 is 1.12 bits per heavy atom. The fourth-order valence-electron chi connectivity index (χ4n) is 2.90. The van der Waals surface area contributed by atoms with E-state index in [1.807, 2.05) is 30.3 Å². The normalized spacial score (nSPS) is 10.7. The molecule has 0 fully saturated rings. The molecule has 3 N–H and O–H groups in total. The van der Waals surface area contributed by atoms with E-state index in [2.05, 4.69) is 25.8 Å². The number of H-pyrrole nitrogens is 1. The van der Waals surface area contributed by atoms with Crippen LogP contribution in [0, 0.1) is 6.92 Å². The second kappa shape index (κ2) is 10.7. The van der Waals surface area contributed by atoms with Crippen LogP contribution in [0.25, 0.3) is 6.08 Å². The number of aromatic amines is 1. The molecule has 2 amide bonds. The van der Waals surface area contributed by atoms with E-state index in [4.69, 9.17) is 4.74 Å². The molecule has 0 saturated carbocycles. The van der Waals surface area contributed by atoms with Gasteiger partial charge in [0.25, 0.3) is 0 Å². The maximum atomic E-state index is 12.3. The number of esters is 1. The first-order chi connectivity index (χ1) is 15.4. The fraction of sp³-hybridized carbons (Fsp3) is 0.174. The van der Waals surface area contributed by atoms with Crippen LogP contribution in [0.3, 0.4) is 0 Å². The number of nitrogens with one attached hydrogen (secondary N) is 3. The topological polar surface area (TPSA) is 126 Å². The van der Waals surface area contributed by atoms with Crippen molar-refractivity contribution in [3.8, 4) is 0 Å². The van der Waals surface area contributed by atoms with Crippen LogP contribution in [0.15, 0.2) is 54.6 Å². The predicted molar refractivity (Wildman–Crippen MR) is 119 cm³/mol. The van der Waals surface area contributed by atoms with Crippen LogP contribution in [0.2, 0.25) is 0 Å². The number of carbonyl (C=O) groups is 3. The molecule has 9 heteroatoms. The molecule has 0 spiro atoms. The molecule has 0 aliphatic carbocycles. The van der Waals surface area contributed by atoms with Crippen LogP contribution in [0.4, 0.5) is 5.69 Å². The molecule has 0 aliphatic heterocycles. The van der Waals surface area contributed by atoms with Gasteiger partial charge in [-0.1, -0.05) is 30.3 Å². The quantitative estimate of drug-likeness (QED) is 0.370. The van der Waals surface area contributed by atoms with Gasteiger partial charge in [0.15, 0.2) is 5.82 Å². The van der Waals surface area contributed by atoms with E-state index >= 15 is 0 Å². The Morgan fingerprint density at radius 2 is 1.91 bits per heavy atom. The molecule has 1 heterocycles. The summed E-state index contributed by atoms with van der Waals surface area (Å²) in [5.41, 5.74) is 2.17. The molecule has 0 radical (unpaired) electrons. The second-order valence-corrected chi connectivity index (χ2v) is 6.93. The number of aryl methyl sites for hydroxylation is 1. The zero-order valence-electron chi connectivity index (χ0n) is 17.7. The number of amides is 2. The Hall–Kier alpha value is -4.27. The zero-order chi connectivity index (χ0) is 22.9. The minimum atomic E-state index is -0.551. The summed E-state index contributed by atoms with van der Waals surface area (Å²) in [7, 11) is 1.27. The first-order valence-electron chi connectivity index (χ1n) is 9.84. The van der Waals surface area contributed by atoms with E-state index in [0.717, 1.165) is 5.56 Å². The zero-order valence-corrected chi connectivity index (χ0v) is 17.7. The second-order valence-electron chi connectivity index (χ2n) is 6.93. The number of methoxy groups -OCH3 is 1. The highest BCUT2D eigenvalue weighted by molar-refractivity contribution is 6.02. The van der Waals surface area contributed by atoms with Crippen LogP contribution in [-0.2, 0) is 27.3 Å². The molecule has 0 bridgehead atoms. The summed E-state index contributed by atoms with van der Waals surface area (Å²) in [6, 6.07) is 14.2. The van der Waals surface area contributed by atoms with Gasteiger partial charge >= 0.3 is 5.97 Å². The van der Waals surface area contributed by atoms with Crippen molar-refractivity contribution in [1.29, 1.82) is 0 Å². The number of ether oxygens (including phenoxy) is 1. The van der Waals surface area contributed by atoms with E-state index < -0.39 is 5.97 Å². The van der Waals surface area contributed by atoms with Crippen LogP contribution in [-0.4, -0.2) is 40.1 Å². The molecule has 3 rings (SSSR count). The summed E-state index contributed by atoms with van der Waals surface area (Å²) in [6.45, 7) is 1.90. The number of rotatable bonds is 8. The van der Waals surface area contributed by atoms with Crippen molar-refractivity contribution < 1.29 is 19.1 Å². The molecule has 0 saturated heterocycles. The Kier molecular flexibility index (Phi) is 7.47. The Balaban J connectivity index is 1.68. The summed E-state index contributed by atoms with van der Waals surface area (Å²) in [6.07, 6.45) is 3.11. The van der Waals surface area contributed by atoms with Gasteiger partial charge in [-0.3, -0.25) is 14.7 Å². The van der Waals surface area contributed by atoms with E-state index in [0.29, 0.717) is 22.9 Å². The standard InChI is InChI=1S/C23H23N5O4/c1-15-25-20(28-27-15)13-22(30)24-14-17-10-18(23(31)32-2)12-19(11-17)26-21(29)9-8-16-6-4-3-5-7-16/h3-12H,13-14H2,1-2H3,(H,24,30)(H,26,29)(H,25,27,28). The van der Waals surface area contributed by atoms with Crippen LogP contribution in [0.1, 0.15) is 33.1 Å². The van der Waals surface area contributed by atoms with Crippen LogP contribution in [0.5, 0.6) is 0 Å². The predicted octanol–water partition coefficient (Wildman–Crippen LogP) is 2.41. The maximum Gasteiger partial charge on any atom is 0.337 e. The average molecular weight is 433 g/mol.